The zero-order valence-corrected chi connectivity index (χ0v) is 17.1. The van der Waals surface area contributed by atoms with Crippen molar-refractivity contribution < 1.29 is 19.1 Å². The summed E-state index contributed by atoms with van der Waals surface area (Å²) < 4.78 is 5.30. The molecule has 1 aromatic carbocycles. The van der Waals surface area contributed by atoms with Crippen molar-refractivity contribution in [2.75, 3.05) is 26.2 Å². The van der Waals surface area contributed by atoms with Crippen LogP contribution in [-0.2, 0) is 19.1 Å². The fraction of sp³-hybridized carbons (Fsp3) is 0.522. The molecule has 1 unspecified atom stereocenters. The average molecular weight is 399 g/mol. The molecule has 0 bridgehead atoms. The lowest BCUT2D eigenvalue weighted by Gasteiger charge is -2.33. The Labute approximate surface area is 172 Å². The van der Waals surface area contributed by atoms with E-state index >= 15 is 0 Å². The molecule has 1 atom stereocenters. The van der Waals surface area contributed by atoms with E-state index < -0.39 is 0 Å². The summed E-state index contributed by atoms with van der Waals surface area (Å²) in [6, 6.07) is 9.89. The third-order valence-corrected chi connectivity index (χ3v) is 5.82. The number of rotatable bonds is 5. The summed E-state index contributed by atoms with van der Waals surface area (Å²) in [6.07, 6.45) is 7.67. The molecule has 0 radical (unpaired) electrons. The molecule has 2 fully saturated rings. The topological polar surface area (TPSA) is 66.9 Å². The van der Waals surface area contributed by atoms with Gasteiger partial charge in [-0.25, -0.2) is 0 Å². The van der Waals surface area contributed by atoms with Crippen molar-refractivity contribution >= 4 is 23.9 Å². The minimum atomic E-state index is -0.324. The molecule has 0 spiro atoms. The van der Waals surface area contributed by atoms with Crippen molar-refractivity contribution in [1.29, 1.82) is 0 Å². The Morgan fingerprint density at radius 2 is 1.76 bits per heavy atom. The Morgan fingerprint density at radius 3 is 2.45 bits per heavy atom. The minimum Gasteiger partial charge on any atom is -0.455 e. The van der Waals surface area contributed by atoms with Gasteiger partial charge in [-0.05, 0) is 50.7 Å². The molecule has 2 aliphatic rings. The molecular formula is C23H30N2O4. The second-order valence-corrected chi connectivity index (χ2v) is 7.88. The molecule has 2 saturated heterocycles. The summed E-state index contributed by atoms with van der Waals surface area (Å²) >= 11 is 0. The SMILES string of the molecule is CC1CCCCN1C(=O)COC(=O)C1CCN(C(=O)/C=C/c2ccccc2)CC1. The molecule has 29 heavy (non-hydrogen) atoms. The molecule has 1 aromatic rings. The Bertz CT molecular complexity index is 739. The quantitative estimate of drug-likeness (QED) is 0.565. The number of hydrogen-bond donors (Lipinski definition) is 0. The van der Waals surface area contributed by atoms with Gasteiger partial charge in [0.2, 0.25) is 5.91 Å². The van der Waals surface area contributed by atoms with Crippen LogP contribution >= 0.6 is 0 Å². The molecule has 2 aliphatic heterocycles. The summed E-state index contributed by atoms with van der Waals surface area (Å²) in [6.45, 7) is 3.65. The summed E-state index contributed by atoms with van der Waals surface area (Å²) in [4.78, 5) is 40.6. The van der Waals surface area contributed by atoms with Crippen LogP contribution in [0.2, 0.25) is 0 Å². The third kappa shape index (κ3) is 5.92. The van der Waals surface area contributed by atoms with Crippen LogP contribution in [0.3, 0.4) is 0 Å². The van der Waals surface area contributed by atoms with Gasteiger partial charge in [-0.2, -0.15) is 0 Å². The maximum atomic E-state index is 12.3. The highest BCUT2D eigenvalue weighted by atomic mass is 16.5. The van der Waals surface area contributed by atoms with E-state index in [1.807, 2.05) is 42.2 Å². The first-order chi connectivity index (χ1) is 14.0. The third-order valence-electron chi connectivity index (χ3n) is 5.82. The van der Waals surface area contributed by atoms with Crippen molar-refractivity contribution in [2.24, 2.45) is 5.92 Å². The maximum Gasteiger partial charge on any atom is 0.309 e. The van der Waals surface area contributed by atoms with Crippen LogP contribution in [-0.4, -0.2) is 59.9 Å². The normalized spacial score (nSPS) is 20.7. The minimum absolute atomic E-state index is 0.0464. The van der Waals surface area contributed by atoms with Gasteiger partial charge in [-0.3, -0.25) is 14.4 Å². The van der Waals surface area contributed by atoms with Crippen molar-refractivity contribution in [1.82, 2.24) is 9.80 Å². The van der Waals surface area contributed by atoms with Gasteiger partial charge in [0.1, 0.15) is 0 Å². The van der Waals surface area contributed by atoms with E-state index in [-0.39, 0.29) is 36.4 Å². The molecule has 0 aromatic heterocycles. The Morgan fingerprint density at radius 1 is 1.03 bits per heavy atom. The smallest absolute Gasteiger partial charge is 0.309 e. The highest BCUT2D eigenvalue weighted by Gasteiger charge is 2.29. The number of carbonyl (C=O) groups is 3. The highest BCUT2D eigenvalue weighted by Crippen LogP contribution is 2.20. The van der Waals surface area contributed by atoms with Gasteiger partial charge < -0.3 is 14.5 Å². The summed E-state index contributed by atoms with van der Waals surface area (Å²) in [7, 11) is 0. The van der Waals surface area contributed by atoms with E-state index in [1.54, 1.807) is 17.1 Å². The van der Waals surface area contributed by atoms with E-state index in [9.17, 15) is 14.4 Å². The lowest BCUT2D eigenvalue weighted by Crippen LogP contribution is -2.44. The molecular weight excluding hydrogens is 368 g/mol. The second-order valence-electron chi connectivity index (χ2n) is 7.88. The van der Waals surface area contributed by atoms with Crippen LogP contribution in [0.4, 0.5) is 0 Å². The molecule has 0 saturated carbocycles. The van der Waals surface area contributed by atoms with Crippen LogP contribution in [0, 0.1) is 5.92 Å². The fourth-order valence-corrected chi connectivity index (χ4v) is 3.97. The summed E-state index contributed by atoms with van der Waals surface area (Å²) in [5.74, 6) is -0.724. The molecule has 2 heterocycles. The fourth-order valence-electron chi connectivity index (χ4n) is 3.97. The molecule has 0 aliphatic carbocycles. The van der Waals surface area contributed by atoms with E-state index in [2.05, 4.69) is 0 Å². The van der Waals surface area contributed by atoms with Crippen LogP contribution in [0.25, 0.3) is 6.08 Å². The van der Waals surface area contributed by atoms with Crippen LogP contribution < -0.4 is 0 Å². The largest absolute Gasteiger partial charge is 0.455 e. The number of carbonyl (C=O) groups excluding carboxylic acids is 3. The van der Waals surface area contributed by atoms with Gasteiger partial charge in [0.15, 0.2) is 6.61 Å². The van der Waals surface area contributed by atoms with Crippen molar-refractivity contribution in [3.05, 3.63) is 42.0 Å². The van der Waals surface area contributed by atoms with E-state index in [0.717, 1.165) is 31.4 Å². The molecule has 2 amide bonds. The highest BCUT2D eigenvalue weighted by molar-refractivity contribution is 5.92. The Hall–Kier alpha value is -2.63. The first-order valence-corrected chi connectivity index (χ1v) is 10.5. The number of benzene rings is 1. The van der Waals surface area contributed by atoms with Gasteiger partial charge in [0.25, 0.3) is 5.91 Å². The number of ether oxygens (including phenoxy) is 1. The lowest BCUT2D eigenvalue weighted by molar-refractivity contribution is -0.158. The zero-order chi connectivity index (χ0) is 20.6. The molecule has 0 N–H and O–H groups in total. The predicted octanol–water partition coefficient (Wildman–Crippen LogP) is 2.88. The number of nitrogens with zero attached hydrogens (tertiary/aromatic N) is 2. The molecule has 156 valence electrons. The summed E-state index contributed by atoms with van der Waals surface area (Å²) in [5.41, 5.74) is 0.979. The van der Waals surface area contributed by atoms with Crippen molar-refractivity contribution in [3.8, 4) is 0 Å². The Kier molecular flexibility index (Phi) is 7.44. The van der Waals surface area contributed by atoms with E-state index in [1.165, 1.54) is 0 Å². The van der Waals surface area contributed by atoms with Crippen LogP contribution in [0.5, 0.6) is 0 Å². The van der Waals surface area contributed by atoms with Gasteiger partial charge >= 0.3 is 5.97 Å². The number of esters is 1. The summed E-state index contributed by atoms with van der Waals surface area (Å²) in [5, 5.41) is 0. The van der Waals surface area contributed by atoms with Crippen molar-refractivity contribution in [2.45, 2.75) is 45.1 Å². The van der Waals surface area contributed by atoms with E-state index in [0.29, 0.717) is 25.9 Å². The Balaban J connectivity index is 1.40. The first kappa shape index (κ1) is 21.1. The van der Waals surface area contributed by atoms with E-state index in [4.69, 9.17) is 4.74 Å². The monoisotopic (exact) mass is 398 g/mol. The van der Waals surface area contributed by atoms with Crippen molar-refractivity contribution in [3.63, 3.8) is 0 Å². The zero-order valence-electron chi connectivity index (χ0n) is 17.1. The van der Waals surface area contributed by atoms with Crippen LogP contribution in [0.1, 0.15) is 44.6 Å². The second kappa shape index (κ2) is 10.2. The van der Waals surface area contributed by atoms with Gasteiger partial charge in [-0.1, -0.05) is 30.3 Å². The average Bonchev–Trinajstić information content (AvgIpc) is 2.76. The number of likely N-dealkylation sites (tertiary alicyclic amines) is 2. The standard InChI is InChI=1S/C23H30N2O4/c1-18-7-5-6-14-25(18)22(27)17-29-23(28)20-12-15-24(16-13-20)21(26)11-10-19-8-3-2-4-9-19/h2-4,8-11,18,20H,5-7,12-17H2,1H3/b11-10+. The van der Waals surface area contributed by atoms with Gasteiger partial charge in [0, 0.05) is 31.8 Å². The molecule has 6 nitrogen and oxygen atoms in total. The number of amides is 2. The number of piperidine rings is 2. The first-order valence-electron chi connectivity index (χ1n) is 10.5. The van der Waals surface area contributed by atoms with Crippen LogP contribution in [0.15, 0.2) is 36.4 Å². The maximum absolute atomic E-state index is 12.3. The van der Waals surface area contributed by atoms with Gasteiger partial charge in [-0.15, -0.1) is 0 Å². The van der Waals surface area contributed by atoms with Gasteiger partial charge in [0.05, 0.1) is 5.92 Å². The molecule has 6 heteroatoms. The lowest BCUT2D eigenvalue weighted by atomic mass is 9.97. The predicted molar refractivity (Wildman–Crippen MR) is 111 cm³/mol. The number of hydrogen-bond acceptors (Lipinski definition) is 4. The molecule has 3 rings (SSSR count).